The first-order valence-electron chi connectivity index (χ1n) is 10.7. The highest BCUT2D eigenvalue weighted by Crippen LogP contribution is 2.29. The number of nitrogens with one attached hydrogen (secondary N) is 2. The molecule has 4 rings (SSSR count). The first kappa shape index (κ1) is 23.4. The lowest BCUT2D eigenvalue weighted by Gasteiger charge is -2.14. The zero-order valence-corrected chi connectivity index (χ0v) is 19.2. The fourth-order valence-corrected chi connectivity index (χ4v) is 3.39. The first-order chi connectivity index (χ1) is 17.1. The lowest BCUT2D eigenvalue weighted by atomic mass is 10.1. The Kier molecular flexibility index (Phi) is 7.27. The van der Waals surface area contributed by atoms with Crippen LogP contribution < -0.4 is 24.8 Å². The maximum Gasteiger partial charge on any atom is 0.262 e. The normalized spacial score (nSPS) is 10.3. The number of hydrogen-bond acceptors (Lipinski definition) is 6. The molecule has 0 saturated carbocycles. The Morgan fingerprint density at radius 2 is 1.57 bits per heavy atom. The van der Waals surface area contributed by atoms with Gasteiger partial charge in [0, 0.05) is 18.0 Å². The SMILES string of the molecule is COc1ccccc1NC(=O)COc1ccc(C(=O)Nc2ccccc2-n2cccn2)cc1OC. The second-order valence-corrected chi connectivity index (χ2v) is 7.32. The number of ether oxygens (including phenoxy) is 3. The van der Waals surface area contributed by atoms with E-state index in [1.165, 1.54) is 14.2 Å². The van der Waals surface area contributed by atoms with Crippen molar-refractivity contribution < 1.29 is 23.8 Å². The van der Waals surface area contributed by atoms with Crippen LogP contribution in [-0.2, 0) is 4.79 Å². The van der Waals surface area contributed by atoms with E-state index < -0.39 is 0 Å². The average molecular weight is 473 g/mol. The third-order valence-electron chi connectivity index (χ3n) is 5.07. The van der Waals surface area contributed by atoms with Crippen molar-refractivity contribution in [2.45, 2.75) is 0 Å². The van der Waals surface area contributed by atoms with Crippen LogP contribution in [0.5, 0.6) is 17.2 Å². The van der Waals surface area contributed by atoms with Gasteiger partial charge in [-0.3, -0.25) is 9.59 Å². The van der Waals surface area contributed by atoms with E-state index in [1.807, 2.05) is 24.3 Å². The highest BCUT2D eigenvalue weighted by molar-refractivity contribution is 6.05. The molecular formula is C26H24N4O5. The molecule has 0 fully saturated rings. The maximum atomic E-state index is 12.9. The monoisotopic (exact) mass is 472 g/mol. The van der Waals surface area contributed by atoms with Gasteiger partial charge in [0.2, 0.25) is 0 Å². The van der Waals surface area contributed by atoms with Crippen molar-refractivity contribution in [3.8, 4) is 22.9 Å². The van der Waals surface area contributed by atoms with Gasteiger partial charge in [-0.1, -0.05) is 24.3 Å². The molecule has 0 bridgehead atoms. The number of benzene rings is 3. The largest absolute Gasteiger partial charge is 0.495 e. The maximum absolute atomic E-state index is 12.9. The summed E-state index contributed by atoms with van der Waals surface area (Å²) < 4.78 is 17.9. The molecule has 9 heteroatoms. The summed E-state index contributed by atoms with van der Waals surface area (Å²) in [5.41, 5.74) is 2.24. The fourth-order valence-electron chi connectivity index (χ4n) is 3.39. The van der Waals surface area contributed by atoms with Crippen molar-refractivity contribution in [2.75, 3.05) is 31.5 Å². The third kappa shape index (κ3) is 5.59. The molecule has 0 unspecified atom stereocenters. The molecule has 1 heterocycles. The summed E-state index contributed by atoms with van der Waals surface area (Å²) in [5, 5.41) is 9.87. The molecule has 2 N–H and O–H groups in total. The molecule has 1 aromatic heterocycles. The molecule has 0 spiro atoms. The highest BCUT2D eigenvalue weighted by Gasteiger charge is 2.15. The lowest BCUT2D eigenvalue weighted by Crippen LogP contribution is -2.20. The van der Waals surface area contributed by atoms with Crippen LogP contribution >= 0.6 is 0 Å². The molecule has 0 atom stereocenters. The minimum Gasteiger partial charge on any atom is -0.495 e. The van der Waals surface area contributed by atoms with Crippen LogP contribution in [-0.4, -0.2) is 42.4 Å². The van der Waals surface area contributed by atoms with Gasteiger partial charge >= 0.3 is 0 Å². The standard InChI is InChI=1S/C26H24N4O5/c1-33-22-11-6-4-9-20(22)28-25(31)17-35-23-13-12-18(16-24(23)34-2)26(32)29-19-8-3-5-10-21(19)30-15-7-14-27-30/h3-16H,17H2,1-2H3,(H,28,31)(H,29,32). The summed E-state index contributed by atoms with van der Waals surface area (Å²) in [7, 11) is 2.99. The fraction of sp³-hybridized carbons (Fsp3) is 0.115. The average Bonchev–Trinajstić information content (AvgIpc) is 3.43. The minimum atomic E-state index is -0.367. The Balaban J connectivity index is 1.43. The number of amides is 2. The van der Waals surface area contributed by atoms with Gasteiger partial charge in [-0.2, -0.15) is 5.10 Å². The molecule has 9 nitrogen and oxygen atoms in total. The molecule has 35 heavy (non-hydrogen) atoms. The Morgan fingerprint density at radius 3 is 2.31 bits per heavy atom. The van der Waals surface area contributed by atoms with Crippen molar-refractivity contribution in [2.24, 2.45) is 0 Å². The number of anilines is 2. The van der Waals surface area contributed by atoms with Crippen LogP contribution in [0.2, 0.25) is 0 Å². The van der Waals surface area contributed by atoms with Crippen LogP contribution in [0.4, 0.5) is 11.4 Å². The number of rotatable bonds is 9. The van der Waals surface area contributed by atoms with E-state index in [9.17, 15) is 9.59 Å². The summed E-state index contributed by atoms with van der Waals surface area (Å²) >= 11 is 0. The molecule has 3 aromatic carbocycles. The molecule has 4 aromatic rings. The van der Waals surface area contributed by atoms with E-state index in [0.29, 0.717) is 34.2 Å². The second kappa shape index (κ2) is 10.9. The van der Waals surface area contributed by atoms with Gasteiger partial charge in [-0.15, -0.1) is 0 Å². The molecular weight excluding hydrogens is 448 g/mol. The third-order valence-corrected chi connectivity index (χ3v) is 5.07. The lowest BCUT2D eigenvalue weighted by molar-refractivity contribution is -0.118. The first-order valence-corrected chi connectivity index (χ1v) is 10.7. The predicted molar refractivity (Wildman–Crippen MR) is 132 cm³/mol. The van der Waals surface area contributed by atoms with E-state index in [0.717, 1.165) is 5.69 Å². The summed E-state index contributed by atoms with van der Waals surface area (Å²) in [6.07, 6.45) is 3.46. The number of aromatic nitrogens is 2. The van der Waals surface area contributed by atoms with E-state index in [1.54, 1.807) is 65.6 Å². The van der Waals surface area contributed by atoms with Gasteiger partial charge in [0.1, 0.15) is 5.75 Å². The van der Waals surface area contributed by atoms with Crippen molar-refractivity contribution >= 4 is 23.2 Å². The number of carbonyl (C=O) groups excluding carboxylic acids is 2. The van der Waals surface area contributed by atoms with E-state index in [-0.39, 0.29) is 18.4 Å². The Hall–Kier alpha value is -4.79. The molecule has 178 valence electrons. The zero-order valence-electron chi connectivity index (χ0n) is 19.2. The number of hydrogen-bond donors (Lipinski definition) is 2. The van der Waals surface area contributed by atoms with Gasteiger partial charge < -0.3 is 24.8 Å². The number of para-hydroxylation sites is 4. The highest BCUT2D eigenvalue weighted by atomic mass is 16.5. The van der Waals surface area contributed by atoms with Gasteiger partial charge in [-0.05, 0) is 48.5 Å². The molecule has 0 aliphatic carbocycles. The molecule has 2 amide bonds. The van der Waals surface area contributed by atoms with Gasteiger partial charge in [0.25, 0.3) is 11.8 Å². The van der Waals surface area contributed by atoms with Crippen LogP contribution in [0.1, 0.15) is 10.4 Å². The van der Waals surface area contributed by atoms with E-state index in [2.05, 4.69) is 15.7 Å². The number of carbonyl (C=O) groups is 2. The van der Waals surface area contributed by atoms with E-state index >= 15 is 0 Å². The molecule has 0 saturated heterocycles. The second-order valence-electron chi connectivity index (χ2n) is 7.32. The summed E-state index contributed by atoms with van der Waals surface area (Å²) in [4.78, 5) is 25.3. The van der Waals surface area contributed by atoms with Crippen molar-refractivity contribution in [1.82, 2.24) is 9.78 Å². The smallest absolute Gasteiger partial charge is 0.262 e. The topological polar surface area (TPSA) is 104 Å². The van der Waals surface area contributed by atoms with Crippen molar-refractivity contribution in [3.63, 3.8) is 0 Å². The number of nitrogens with zero attached hydrogens (tertiary/aromatic N) is 2. The van der Waals surface area contributed by atoms with Crippen LogP contribution in [0.3, 0.4) is 0 Å². The Morgan fingerprint density at radius 1 is 0.829 bits per heavy atom. The summed E-state index contributed by atoms with van der Waals surface area (Å²) in [6, 6.07) is 21.0. The summed E-state index contributed by atoms with van der Waals surface area (Å²) in [6.45, 7) is -0.253. The van der Waals surface area contributed by atoms with Gasteiger partial charge in [0.15, 0.2) is 18.1 Å². The predicted octanol–water partition coefficient (Wildman–Crippen LogP) is 4.16. The van der Waals surface area contributed by atoms with Gasteiger partial charge in [-0.25, -0.2) is 4.68 Å². The van der Waals surface area contributed by atoms with Crippen LogP contribution in [0.25, 0.3) is 5.69 Å². The summed E-state index contributed by atoms with van der Waals surface area (Å²) in [5.74, 6) is 0.499. The zero-order chi connectivity index (χ0) is 24.6. The van der Waals surface area contributed by atoms with Gasteiger partial charge in [0.05, 0.1) is 31.3 Å². The number of methoxy groups -OCH3 is 2. The van der Waals surface area contributed by atoms with Crippen LogP contribution in [0, 0.1) is 0 Å². The minimum absolute atomic E-state index is 0.253. The van der Waals surface area contributed by atoms with E-state index in [4.69, 9.17) is 14.2 Å². The Bertz CT molecular complexity index is 1320. The Labute approximate surface area is 202 Å². The molecule has 0 radical (unpaired) electrons. The quantitative estimate of drug-likeness (QED) is 0.379. The van der Waals surface area contributed by atoms with Crippen molar-refractivity contribution in [3.05, 3.63) is 90.8 Å². The van der Waals surface area contributed by atoms with Crippen LogP contribution in [0.15, 0.2) is 85.2 Å². The molecule has 0 aliphatic rings. The van der Waals surface area contributed by atoms with Crippen molar-refractivity contribution in [1.29, 1.82) is 0 Å². The molecule has 0 aliphatic heterocycles.